The van der Waals surface area contributed by atoms with E-state index in [0.29, 0.717) is 6.61 Å². The molecule has 0 aromatic heterocycles. The lowest BCUT2D eigenvalue weighted by Gasteiger charge is -2.38. The molecule has 0 aliphatic carbocycles. The molecule has 1 unspecified atom stereocenters. The Bertz CT molecular complexity index is 637. The molecule has 0 radical (unpaired) electrons. The van der Waals surface area contributed by atoms with Gasteiger partial charge in [-0.25, -0.2) is 0 Å². The molecule has 0 amide bonds. The summed E-state index contributed by atoms with van der Waals surface area (Å²) in [5, 5.41) is 0.228. The van der Waals surface area contributed by atoms with Crippen LogP contribution in [0.25, 0.3) is 0 Å². The van der Waals surface area contributed by atoms with Gasteiger partial charge in [0.05, 0.1) is 0 Å². The number of halogens is 1. The Labute approximate surface area is 161 Å². The van der Waals surface area contributed by atoms with Crippen molar-refractivity contribution in [3.05, 3.63) is 65.7 Å². The predicted octanol–water partition coefficient (Wildman–Crippen LogP) is 6.13. The van der Waals surface area contributed by atoms with Crippen molar-refractivity contribution in [2.45, 2.75) is 45.4 Å². The molecule has 0 aliphatic rings. The third-order valence-electron chi connectivity index (χ3n) is 4.82. The Morgan fingerprint density at radius 2 is 1.56 bits per heavy atom. The molecule has 4 heteroatoms. The number of rotatable bonds is 8. The number of benzene rings is 2. The van der Waals surface area contributed by atoms with Gasteiger partial charge in [-0.3, -0.25) is 0 Å². The molecule has 0 fully saturated rings. The zero-order chi connectivity index (χ0) is 18.3. The largest absolute Gasteiger partial charge is 0.489 e. The predicted molar refractivity (Wildman–Crippen MR) is 112 cm³/mol. The summed E-state index contributed by atoms with van der Waals surface area (Å²) < 4.78 is 12.2. The molecule has 2 nitrogen and oxygen atoms in total. The maximum absolute atomic E-state index is 6.34. The molecule has 0 spiro atoms. The molecule has 1 atom stereocenters. The van der Waals surface area contributed by atoms with Crippen molar-refractivity contribution in [1.82, 2.24) is 0 Å². The fourth-order valence-corrected chi connectivity index (χ4v) is 6.82. The number of ether oxygens (including phenoxy) is 1. The molecule has 0 saturated heterocycles. The van der Waals surface area contributed by atoms with Crippen LogP contribution in [0.15, 0.2) is 54.6 Å². The normalized spacial score (nSPS) is 14.1. The molecule has 0 heterocycles. The minimum Gasteiger partial charge on any atom is -0.489 e. The zero-order valence-electron chi connectivity index (χ0n) is 15.7. The van der Waals surface area contributed by atoms with Crippen LogP contribution in [0.2, 0.25) is 11.6 Å². The Kier molecular flexibility index (Phi) is 7.29. The second-order valence-corrected chi connectivity index (χ2v) is 13.8. The first-order valence-electron chi connectivity index (χ1n) is 8.80. The van der Waals surface area contributed by atoms with Crippen molar-refractivity contribution in [2.75, 3.05) is 11.6 Å². The van der Waals surface area contributed by atoms with Gasteiger partial charge in [-0.2, -0.15) is 0 Å². The van der Waals surface area contributed by atoms with E-state index in [0.717, 1.165) is 23.7 Å². The van der Waals surface area contributed by atoms with E-state index >= 15 is 0 Å². The third-order valence-corrected chi connectivity index (χ3v) is 12.6. The minimum absolute atomic E-state index is 0.228. The van der Waals surface area contributed by atoms with Crippen molar-refractivity contribution in [3.8, 4) is 5.75 Å². The second-order valence-electron chi connectivity index (χ2n) is 7.63. The first-order chi connectivity index (χ1) is 11.8. The van der Waals surface area contributed by atoms with Crippen LogP contribution in [0.4, 0.5) is 0 Å². The van der Waals surface area contributed by atoms with Crippen LogP contribution < -0.4 is 4.74 Å². The highest BCUT2D eigenvalue weighted by molar-refractivity contribution is 9.09. The average molecular weight is 421 g/mol. The number of hydrogen-bond donors (Lipinski definition) is 0. The summed E-state index contributed by atoms with van der Waals surface area (Å²) in [5.74, 6) is 0.905. The summed E-state index contributed by atoms with van der Waals surface area (Å²) in [6.45, 7) is 10.5. The summed E-state index contributed by atoms with van der Waals surface area (Å²) in [5.41, 5.74) is 2.47. The summed E-state index contributed by atoms with van der Waals surface area (Å²) in [6, 6.07) is 18.6. The Morgan fingerprint density at radius 1 is 0.920 bits per heavy atom. The van der Waals surface area contributed by atoms with E-state index in [-0.39, 0.29) is 5.04 Å². The third kappa shape index (κ3) is 5.98. The van der Waals surface area contributed by atoms with Crippen LogP contribution in [0.5, 0.6) is 5.75 Å². The van der Waals surface area contributed by atoms with Crippen LogP contribution in [0, 0.1) is 0 Å². The molecule has 2 rings (SSSR count). The number of hydrogen-bond acceptors (Lipinski definition) is 2. The fourth-order valence-electron chi connectivity index (χ4n) is 2.34. The first-order valence-corrected chi connectivity index (χ1v) is 12.5. The van der Waals surface area contributed by atoms with Gasteiger partial charge in [0.25, 0.3) is 0 Å². The van der Waals surface area contributed by atoms with Crippen LogP contribution in [0.1, 0.15) is 31.9 Å². The van der Waals surface area contributed by atoms with Gasteiger partial charge in [-0.1, -0.05) is 79.2 Å². The van der Waals surface area contributed by atoms with Gasteiger partial charge in [0.1, 0.15) is 12.4 Å². The van der Waals surface area contributed by atoms with Gasteiger partial charge in [-0.05, 0) is 41.3 Å². The monoisotopic (exact) mass is 420 g/mol. The lowest BCUT2D eigenvalue weighted by Crippen LogP contribution is -2.46. The van der Waals surface area contributed by atoms with Gasteiger partial charge in [-0.15, -0.1) is 0 Å². The molecular weight excluding hydrogens is 392 g/mol. The molecule has 2 aromatic rings. The highest BCUT2D eigenvalue weighted by atomic mass is 79.9. The highest BCUT2D eigenvalue weighted by Gasteiger charge is 2.40. The zero-order valence-corrected chi connectivity index (χ0v) is 18.3. The van der Waals surface area contributed by atoms with Crippen molar-refractivity contribution < 1.29 is 9.16 Å². The van der Waals surface area contributed by atoms with Gasteiger partial charge in [0.15, 0.2) is 0 Å². The molecular formula is C21H29BrO2Si. The lowest BCUT2D eigenvalue weighted by atomic mass is 10.1. The molecule has 0 saturated carbocycles. The Morgan fingerprint density at radius 3 is 2.12 bits per heavy atom. The summed E-state index contributed by atoms with van der Waals surface area (Å²) in [7, 11) is -1.75. The fraction of sp³-hybridized carbons (Fsp3) is 0.429. The molecule has 0 N–H and O–H groups in total. The summed E-state index contributed by atoms with van der Waals surface area (Å²) in [6.07, 6.45) is 0.935. The quantitative estimate of drug-likeness (QED) is 0.377. The standard InChI is InChI=1S/C21H29BrO2Si/c1-21(2,3)25(4,17-22)24-15-14-18-10-12-20(13-11-18)23-16-19-8-6-5-7-9-19/h5-13H,14-17H2,1-4H3. The van der Waals surface area contributed by atoms with Crippen molar-refractivity contribution >= 4 is 24.2 Å². The van der Waals surface area contributed by atoms with E-state index in [2.05, 4.69) is 67.5 Å². The second kappa shape index (κ2) is 9.02. The van der Waals surface area contributed by atoms with Crippen LogP contribution >= 0.6 is 15.9 Å². The van der Waals surface area contributed by atoms with E-state index in [4.69, 9.17) is 9.16 Å². The van der Waals surface area contributed by atoms with Crippen LogP contribution in [0.3, 0.4) is 0 Å². The smallest absolute Gasteiger partial charge is 0.205 e. The van der Waals surface area contributed by atoms with Crippen molar-refractivity contribution in [1.29, 1.82) is 0 Å². The summed E-state index contributed by atoms with van der Waals surface area (Å²) in [4.78, 5) is 0.968. The minimum atomic E-state index is -1.75. The van der Waals surface area contributed by atoms with Crippen LogP contribution in [-0.4, -0.2) is 19.9 Å². The van der Waals surface area contributed by atoms with Gasteiger partial charge < -0.3 is 9.16 Å². The van der Waals surface area contributed by atoms with Crippen molar-refractivity contribution in [2.24, 2.45) is 0 Å². The maximum atomic E-state index is 6.34. The Hall–Kier alpha value is -1.10. The number of alkyl halides is 1. The maximum Gasteiger partial charge on any atom is 0.205 e. The molecule has 0 bridgehead atoms. The molecule has 2 aromatic carbocycles. The summed E-state index contributed by atoms with van der Waals surface area (Å²) >= 11 is 3.66. The van der Waals surface area contributed by atoms with Gasteiger partial charge in [0, 0.05) is 11.6 Å². The molecule has 0 aliphatic heterocycles. The van der Waals surface area contributed by atoms with E-state index in [1.54, 1.807) is 0 Å². The van der Waals surface area contributed by atoms with E-state index < -0.39 is 8.32 Å². The molecule has 25 heavy (non-hydrogen) atoms. The van der Waals surface area contributed by atoms with E-state index in [9.17, 15) is 0 Å². The topological polar surface area (TPSA) is 18.5 Å². The molecule has 136 valence electrons. The van der Waals surface area contributed by atoms with Gasteiger partial charge in [0.2, 0.25) is 8.32 Å². The van der Waals surface area contributed by atoms with Crippen LogP contribution in [-0.2, 0) is 17.5 Å². The van der Waals surface area contributed by atoms with E-state index in [1.807, 2.05) is 30.3 Å². The Balaban J connectivity index is 1.82. The highest BCUT2D eigenvalue weighted by Crippen LogP contribution is 2.37. The average Bonchev–Trinajstić information content (AvgIpc) is 2.61. The van der Waals surface area contributed by atoms with E-state index in [1.165, 1.54) is 11.1 Å². The first kappa shape index (κ1) is 20.2. The van der Waals surface area contributed by atoms with Crippen molar-refractivity contribution in [3.63, 3.8) is 0 Å². The lowest BCUT2D eigenvalue weighted by molar-refractivity contribution is 0.291. The van der Waals surface area contributed by atoms with Gasteiger partial charge >= 0.3 is 0 Å². The SMILES string of the molecule is CC(C)(C)[Si](C)(CBr)OCCc1ccc(OCc2ccccc2)cc1.